The van der Waals surface area contributed by atoms with Gasteiger partial charge < -0.3 is 24.1 Å². The molecule has 3 aromatic carbocycles. The molecule has 8 nitrogen and oxygen atoms in total. The number of carbonyl (C=O) groups is 2. The average molecular weight is 561 g/mol. The maximum absolute atomic E-state index is 13.6. The van der Waals surface area contributed by atoms with Crippen molar-refractivity contribution in [1.82, 2.24) is 4.57 Å². The highest BCUT2D eigenvalue weighted by atomic mass is 35.5. The van der Waals surface area contributed by atoms with Crippen LogP contribution < -0.4 is 25.1 Å². The lowest BCUT2D eigenvalue weighted by Crippen LogP contribution is -2.25. The topological polar surface area (TPSA) is 95.9 Å². The number of hydrogen-bond acceptors (Lipinski definition) is 6. The second-order valence-corrected chi connectivity index (χ2v) is 9.63. The number of benzene rings is 3. The third kappa shape index (κ3) is 5.58. The number of ether oxygens (including phenoxy) is 3. The van der Waals surface area contributed by atoms with Crippen molar-refractivity contribution in [3.05, 3.63) is 86.7 Å². The Bertz CT molecular complexity index is 1710. The Morgan fingerprint density at radius 2 is 1.60 bits per heavy atom. The predicted octanol–water partition coefficient (Wildman–Crippen LogP) is 6.07. The highest BCUT2D eigenvalue weighted by molar-refractivity contribution is 6.34. The number of amides is 1. The van der Waals surface area contributed by atoms with Gasteiger partial charge in [0.15, 0.2) is 11.5 Å². The van der Waals surface area contributed by atoms with Gasteiger partial charge in [0, 0.05) is 41.6 Å². The number of methoxy groups -OCH3 is 2. The van der Waals surface area contributed by atoms with E-state index in [-0.39, 0.29) is 28.5 Å². The molecule has 1 heterocycles. The molecule has 0 bridgehead atoms. The number of carbonyl (C=O) groups excluding carboxylic acids is 2. The van der Waals surface area contributed by atoms with Gasteiger partial charge in [-0.3, -0.25) is 14.4 Å². The quantitative estimate of drug-likeness (QED) is 0.167. The first-order valence-corrected chi connectivity index (χ1v) is 12.8. The van der Waals surface area contributed by atoms with Crippen molar-refractivity contribution >= 4 is 46.1 Å². The molecule has 9 heteroatoms. The monoisotopic (exact) mass is 560 g/mol. The van der Waals surface area contributed by atoms with Gasteiger partial charge in [0.1, 0.15) is 5.69 Å². The molecule has 0 aliphatic heterocycles. The summed E-state index contributed by atoms with van der Waals surface area (Å²) in [6.07, 6.45) is 2.83. The van der Waals surface area contributed by atoms with E-state index in [1.54, 1.807) is 31.3 Å². The molecule has 0 saturated carbocycles. The number of rotatable bonds is 7. The highest BCUT2D eigenvalue weighted by Crippen LogP contribution is 2.40. The molecule has 0 atom stereocenters. The lowest BCUT2D eigenvalue weighted by molar-refractivity contribution is -0.132. The van der Waals surface area contributed by atoms with Crippen molar-refractivity contribution in [1.29, 1.82) is 0 Å². The normalized spacial score (nSPS) is 11.1. The van der Waals surface area contributed by atoms with Gasteiger partial charge >= 0.3 is 5.97 Å². The zero-order valence-corrected chi connectivity index (χ0v) is 23.8. The van der Waals surface area contributed by atoms with Crippen LogP contribution in [0.1, 0.15) is 23.6 Å². The summed E-state index contributed by atoms with van der Waals surface area (Å²) in [6.45, 7) is 5.25. The van der Waals surface area contributed by atoms with Crippen molar-refractivity contribution in [3.63, 3.8) is 0 Å². The summed E-state index contributed by atoms with van der Waals surface area (Å²) in [5.41, 5.74) is 4.26. The Morgan fingerprint density at radius 1 is 0.975 bits per heavy atom. The van der Waals surface area contributed by atoms with Crippen LogP contribution in [0.5, 0.6) is 17.2 Å². The van der Waals surface area contributed by atoms with Crippen molar-refractivity contribution in [2.24, 2.45) is 7.05 Å². The predicted molar refractivity (Wildman–Crippen MR) is 158 cm³/mol. The number of esters is 1. The number of hydrogen-bond donors (Lipinski definition) is 1. The standard InChI is InChI=1S/C31H29ClN2O6/c1-17-13-22-24(14-18(17)2)34(4)31(37)29(28(22)21-9-7-8-10-23(21)32)33-27(36)12-11-20-15-25(38-5)30(40-19(3)35)26(16-20)39-6/h7-16H,1-6H3,(H,33,36)/b12-11+. The van der Waals surface area contributed by atoms with E-state index < -0.39 is 11.9 Å². The zero-order valence-electron chi connectivity index (χ0n) is 23.0. The SMILES string of the molecule is COc1cc(/C=C/C(=O)Nc2c(-c3ccccc3Cl)c3cc(C)c(C)cc3n(C)c2=O)cc(OC)c1OC(C)=O. The molecule has 4 rings (SSSR count). The Labute approximate surface area is 236 Å². The molecular formula is C31H29ClN2O6. The average Bonchev–Trinajstić information content (AvgIpc) is 2.92. The molecule has 0 aliphatic rings. The Morgan fingerprint density at radius 3 is 2.20 bits per heavy atom. The van der Waals surface area contributed by atoms with Crippen molar-refractivity contribution < 1.29 is 23.8 Å². The van der Waals surface area contributed by atoms with E-state index in [4.69, 9.17) is 25.8 Å². The van der Waals surface area contributed by atoms with Gasteiger partial charge in [0.05, 0.1) is 19.7 Å². The molecule has 0 saturated heterocycles. The van der Waals surface area contributed by atoms with Crippen molar-refractivity contribution in [2.75, 3.05) is 19.5 Å². The summed E-state index contributed by atoms with van der Waals surface area (Å²) < 4.78 is 17.4. The Hall–Kier alpha value is -4.56. The molecule has 0 fully saturated rings. The van der Waals surface area contributed by atoms with Crippen LogP contribution in [-0.4, -0.2) is 30.7 Å². The van der Waals surface area contributed by atoms with Gasteiger partial charge in [-0.05, 0) is 66.9 Å². The maximum Gasteiger partial charge on any atom is 0.308 e. The molecule has 1 N–H and O–H groups in total. The van der Waals surface area contributed by atoms with Gasteiger partial charge in [0.25, 0.3) is 5.56 Å². The number of fused-ring (bicyclic) bond motifs is 1. The Balaban J connectivity index is 1.81. The van der Waals surface area contributed by atoms with Gasteiger partial charge in [-0.25, -0.2) is 0 Å². The second kappa shape index (κ2) is 11.7. The Kier molecular flexibility index (Phi) is 8.30. The second-order valence-electron chi connectivity index (χ2n) is 9.22. The van der Waals surface area contributed by atoms with E-state index in [0.717, 1.165) is 22.0 Å². The summed E-state index contributed by atoms with van der Waals surface area (Å²) in [6, 6.07) is 14.3. The van der Waals surface area contributed by atoms with Gasteiger partial charge in [0.2, 0.25) is 11.7 Å². The molecule has 0 spiro atoms. The highest BCUT2D eigenvalue weighted by Gasteiger charge is 2.21. The summed E-state index contributed by atoms with van der Waals surface area (Å²) in [4.78, 5) is 38.3. The fourth-order valence-electron chi connectivity index (χ4n) is 4.43. The molecule has 4 aromatic rings. The fraction of sp³-hybridized carbons (Fsp3) is 0.194. The molecule has 206 valence electrons. The van der Waals surface area contributed by atoms with E-state index in [2.05, 4.69) is 5.32 Å². The van der Waals surface area contributed by atoms with Gasteiger partial charge in [-0.2, -0.15) is 0 Å². The van der Waals surface area contributed by atoms with E-state index in [9.17, 15) is 14.4 Å². The van der Waals surface area contributed by atoms with E-state index in [0.29, 0.717) is 21.7 Å². The number of aryl methyl sites for hydroxylation is 3. The minimum atomic E-state index is -0.532. The first kappa shape index (κ1) is 28.4. The summed E-state index contributed by atoms with van der Waals surface area (Å²) >= 11 is 6.58. The number of nitrogens with one attached hydrogen (secondary N) is 1. The summed E-state index contributed by atoms with van der Waals surface area (Å²) in [5, 5.41) is 4.02. The molecule has 1 aromatic heterocycles. The van der Waals surface area contributed by atoms with Gasteiger partial charge in [-0.15, -0.1) is 0 Å². The van der Waals surface area contributed by atoms with E-state index in [1.807, 2.05) is 38.1 Å². The molecule has 1 amide bonds. The first-order chi connectivity index (χ1) is 19.0. The van der Waals surface area contributed by atoms with Crippen LogP contribution in [0.2, 0.25) is 5.02 Å². The van der Waals surface area contributed by atoms with E-state index in [1.165, 1.54) is 37.9 Å². The van der Waals surface area contributed by atoms with Crippen LogP contribution in [-0.2, 0) is 16.6 Å². The minimum Gasteiger partial charge on any atom is -0.493 e. The molecule has 40 heavy (non-hydrogen) atoms. The molecule has 0 aliphatic carbocycles. The first-order valence-electron chi connectivity index (χ1n) is 12.4. The fourth-order valence-corrected chi connectivity index (χ4v) is 4.66. The summed E-state index contributed by atoms with van der Waals surface area (Å²) in [5.74, 6) is -0.422. The maximum atomic E-state index is 13.6. The largest absolute Gasteiger partial charge is 0.493 e. The number of halogens is 1. The smallest absolute Gasteiger partial charge is 0.308 e. The van der Waals surface area contributed by atoms with Crippen LogP contribution in [0, 0.1) is 13.8 Å². The number of aromatic nitrogens is 1. The number of anilines is 1. The van der Waals surface area contributed by atoms with Crippen LogP contribution in [0.25, 0.3) is 28.1 Å². The number of nitrogens with zero attached hydrogens (tertiary/aromatic N) is 1. The van der Waals surface area contributed by atoms with Crippen LogP contribution >= 0.6 is 11.6 Å². The number of pyridine rings is 1. The van der Waals surface area contributed by atoms with Crippen LogP contribution in [0.4, 0.5) is 5.69 Å². The van der Waals surface area contributed by atoms with Crippen molar-refractivity contribution in [3.8, 4) is 28.4 Å². The lowest BCUT2D eigenvalue weighted by Gasteiger charge is -2.18. The van der Waals surface area contributed by atoms with E-state index >= 15 is 0 Å². The third-order valence-corrected chi connectivity index (χ3v) is 6.89. The molecule has 0 unspecified atom stereocenters. The molecule has 0 radical (unpaired) electrons. The minimum absolute atomic E-state index is 0.112. The van der Waals surface area contributed by atoms with Crippen LogP contribution in [0.15, 0.2) is 59.4 Å². The zero-order chi connectivity index (χ0) is 29.1. The van der Waals surface area contributed by atoms with Gasteiger partial charge in [-0.1, -0.05) is 29.8 Å². The van der Waals surface area contributed by atoms with Crippen molar-refractivity contribution in [2.45, 2.75) is 20.8 Å². The summed E-state index contributed by atoms with van der Waals surface area (Å²) in [7, 11) is 4.53. The third-order valence-electron chi connectivity index (χ3n) is 6.56. The van der Waals surface area contributed by atoms with Crippen LogP contribution in [0.3, 0.4) is 0 Å². The molecular weight excluding hydrogens is 532 g/mol. The lowest BCUT2D eigenvalue weighted by atomic mass is 9.96.